The van der Waals surface area contributed by atoms with Crippen molar-refractivity contribution in [2.45, 2.75) is 58.5 Å². The molecule has 2 rings (SSSR count). The van der Waals surface area contributed by atoms with Crippen LogP contribution in [0.4, 0.5) is 0 Å². The monoisotopic (exact) mass is 315 g/mol. The Bertz CT molecular complexity index is 632. The number of hydrogen-bond acceptors (Lipinski definition) is 2. The third kappa shape index (κ3) is 5.10. The molecule has 0 aliphatic heterocycles. The molecular weight excluding hydrogens is 286 g/mol. The molecule has 4 nitrogen and oxygen atoms in total. The molecule has 126 valence electrons. The first kappa shape index (κ1) is 17.5. The minimum Gasteiger partial charge on any atom is -0.361 e. The topological polar surface area (TPSA) is 70.9 Å². The Labute approximate surface area is 138 Å². The summed E-state index contributed by atoms with van der Waals surface area (Å²) < 4.78 is 0. The molecule has 0 radical (unpaired) electrons. The molecule has 0 fully saturated rings. The van der Waals surface area contributed by atoms with Crippen molar-refractivity contribution in [2.24, 2.45) is 11.7 Å². The fraction of sp³-hybridized carbons (Fsp3) is 0.526. The Morgan fingerprint density at radius 2 is 1.96 bits per heavy atom. The number of nitrogens with two attached hydrogens (primary N) is 1. The van der Waals surface area contributed by atoms with Gasteiger partial charge in [0.2, 0.25) is 5.91 Å². The van der Waals surface area contributed by atoms with Crippen molar-refractivity contribution >= 4 is 16.8 Å². The fourth-order valence-corrected chi connectivity index (χ4v) is 2.88. The van der Waals surface area contributed by atoms with Crippen molar-refractivity contribution in [3.63, 3.8) is 0 Å². The average Bonchev–Trinajstić information content (AvgIpc) is 2.90. The first-order chi connectivity index (χ1) is 11.0. The summed E-state index contributed by atoms with van der Waals surface area (Å²) in [6.45, 7) is 6.50. The molecule has 1 heterocycles. The lowest BCUT2D eigenvalue weighted by molar-refractivity contribution is -0.123. The van der Waals surface area contributed by atoms with Crippen molar-refractivity contribution < 1.29 is 4.79 Å². The van der Waals surface area contributed by atoms with E-state index >= 15 is 0 Å². The lowest BCUT2D eigenvalue weighted by atomic mass is 10.0. The van der Waals surface area contributed by atoms with Gasteiger partial charge >= 0.3 is 0 Å². The van der Waals surface area contributed by atoms with E-state index in [2.05, 4.69) is 37.1 Å². The van der Waals surface area contributed by atoms with Gasteiger partial charge in [0.05, 0.1) is 6.04 Å². The smallest absolute Gasteiger partial charge is 0.237 e. The Kier molecular flexibility index (Phi) is 6.22. The highest BCUT2D eigenvalue weighted by Gasteiger charge is 2.17. The lowest BCUT2D eigenvalue weighted by Gasteiger charge is -2.18. The Hall–Kier alpha value is -1.81. The summed E-state index contributed by atoms with van der Waals surface area (Å²) >= 11 is 0. The van der Waals surface area contributed by atoms with Gasteiger partial charge in [0.15, 0.2) is 0 Å². The van der Waals surface area contributed by atoms with Gasteiger partial charge in [0, 0.05) is 23.1 Å². The molecular formula is C19H29N3O. The van der Waals surface area contributed by atoms with Crippen LogP contribution in [0.2, 0.25) is 0 Å². The number of fused-ring (bicyclic) bond motifs is 1. The second kappa shape index (κ2) is 8.16. The molecule has 4 N–H and O–H groups in total. The minimum absolute atomic E-state index is 0.0627. The third-order valence-electron chi connectivity index (χ3n) is 4.26. The van der Waals surface area contributed by atoms with E-state index in [0.717, 1.165) is 29.3 Å². The number of nitrogens with one attached hydrogen (secondary N) is 2. The number of carbonyl (C=O) groups excluding carboxylic acids is 1. The highest BCUT2D eigenvalue weighted by atomic mass is 16.2. The first-order valence-electron chi connectivity index (χ1n) is 8.58. The molecule has 23 heavy (non-hydrogen) atoms. The molecule has 0 spiro atoms. The molecule has 2 aromatic rings. The highest BCUT2D eigenvalue weighted by Crippen LogP contribution is 2.18. The molecule has 0 aliphatic carbocycles. The number of para-hydroxylation sites is 1. The summed E-state index contributed by atoms with van der Waals surface area (Å²) in [5, 5.41) is 4.18. The van der Waals surface area contributed by atoms with Crippen LogP contribution in [-0.4, -0.2) is 23.0 Å². The normalized spacial score (nSPS) is 14.1. The van der Waals surface area contributed by atoms with Crippen LogP contribution in [0.25, 0.3) is 10.9 Å². The molecule has 1 amide bonds. The van der Waals surface area contributed by atoms with Gasteiger partial charge in [-0.2, -0.15) is 0 Å². The average molecular weight is 315 g/mol. The Morgan fingerprint density at radius 3 is 2.70 bits per heavy atom. The number of aromatic amines is 1. The predicted octanol–water partition coefficient (Wildman–Crippen LogP) is 3.37. The zero-order chi connectivity index (χ0) is 16.8. The number of hydrogen-bond donors (Lipinski definition) is 3. The van der Waals surface area contributed by atoms with E-state index in [1.165, 1.54) is 6.42 Å². The molecule has 2 unspecified atom stereocenters. The molecule has 0 aliphatic rings. The maximum absolute atomic E-state index is 12.3. The molecule has 1 aromatic carbocycles. The van der Waals surface area contributed by atoms with Crippen molar-refractivity contribution in [2.75, 3.05) is 0 Å². The van der Waals surface area contributed by atoms with E-state index in [-0.39, 0.29) is 11.9 Å². The number of benzene rings is 1. The molecule has 1 aromatic heterocycles. The van der Waals surface area contributed by atoms with Gasteiger partial charge in [-0.25, -0.2) is 0 Å². The van der Waals surface area contributed by atoms with Gasteiger partial charge in [-0.1, -0.05) is 44.9 Å². The maximum atomic E-state index is 12.3. The molecule has 4 heteroatoms. The highest BCUT2D eigenvalue weighted by molar-refractivity contribution is 5.86. The number of carbonyl (C=O) groups is 1. The van der Waals surface area contributed by atoms with Crippen molar-refractivity contribution in [3.05, 3.63) is 36.0 Å². The van der Waals surface area contributed by atoms with Crippen molar-refractivity contribution in [3.8, 4) is 0 Å². The lowest BCUT2D eigenvalue weighted by Crippen LogP contribution is -2.45. The van der Waals surface area contributed by atoms with E-state index < -0.39 is 6.04 Å². The minimum atomic E-state index is -0.512. The fourth-order valence-electron chi connectivity index (χ4n) is 2.88. The summed E-state index contributed by atoms with van der Waals surface area (Å²) in [5.74, 6) is 0.648. The van der Waals surface area contributed by atoms with E-state index in [9.17, 15) is 4.79 Å². The van der Waals surface area contributed by atoms with Gasteiger partial charge in [0.25, 0.3) is 0 Å². The molecule has 0 saturated carbocycles. The van der Waals surface area contributed by atoms with Crippen LogP contribution < -0.4 is 11.1 Å². The second-order valence-electron chi connectivity index (χ2n) is 6.90. The van der Waals surface area contributed by atoms with Crippen LogP contribution in [0.5, 0.6) is 0 Å². The van der Waals surface area contributed by atoms with Gasteiger partial charge < -0.3 is 16.0 Å². The number of rotatable bonds is 8. The van der Waals surface area contributed by atoms with Crippen LogP contribution in [0.15, 0.2) is 30.5 Å². The predicted molar refractivity (Wildman–Crippen MR) is 96.3 cm³/mol. The van der Waals surface area contributed by atoms with Crippen LogP contribution in [0, 0.1) is 5.92 Å². The van der Waals surface area contributed by atoms with Gasteiger partial charge in [-0.15, -0.1) is 0 Å². The summed E-state index contributed by atoms with van der Waals surface area (Å²) in [7, 11) is 0. The SMILES string of the molecule is CC(C)CCCC(C)NC(=O)C(N)Cc1c[nH]c2ccccc12. The third-order valence-corrected chi connectivity index (χ3v) is 4.26. The maximum Gasteiger partial charge on any atom is 0.237 e. The summed E-state index contributed by atoms with van der Waals surface area (Å²) in [4.78, 5) is 15.5. The second-order valence-corrected chi connectivity index (χ2v) is 6.90. The van der Waals surface area contributed by atoms with Gasteiger partial charge in [0.1, 0.15) is 0 Å². The Balaban J connectivity index is 1.85. The van der Waals surface area contributed by atoms with Crippen LogP contribution >= 0.6 is 0 Å². The molecule has 0 saturated heterocycles. The molecule has 2 atom stereocenters. The zero-order valence-electron chi connectivity index (χ0n) is 14.4. The quantitative estimate of drug-likeness (QED) is 0.699. The van der Waals surface area contributed by atoms with Crippen molar-refractivity contribution in [1.82, 2.24) is 10.3 Å². The standard InChI is InChI=1S/C19H29N3O/c1-13(2)7-6-8-14(3)22-19(23)17(20)11-15-12-21-18-10-5-4-9-16(15)18/h4-5,9-10,12-14,17,21H,6-8,11,20H2,1-3H3,(H,22,23). The van der Waals surface area contributed by atoms with E-state index in [1.807, 2.05) is 24.4 Å². The summed E-state index contributed by atoms with van der Waals surface area (Å²) in [6, 6.07) is 7.74. The van der Waals surface area contributed by atoms with Crippen LogP contribution in [0.1, 0.15) is 45.6 Å². The molecule has 0 bridgehead atoms. The van der Waals surface area contributed by atoms with Crippen molar-refractivity contribution in [1.29, 1.82) is 0 Å². The number of H-pyrrole nitrogens is 1. The van der Waals surface area contributed by atoms with E-state index in [0.29, 0.717) is 12.3 Å². The number of aromatic nitrogens is 1. The number of amides is 1. The van der Waals surface area contributed by atoms with E-state index in [1.54, 1.807) is 0 Å². The summed E-state index contributed by atoms with van der Waals surface area (Å²) in [5.41, 5.74) is 8.27. The van der Waals surface area contributed by atoms with Gasteiger partial charge in [-0.05, 0) is 37.3 Å². The summed E-state index contributed by atoms with van der Waals surface area (Å²) in [6.07, 6.45) is 5.83. The van der Waals surface area contributed by atoms with Gasteiger partial charge in [-0.3, -0.25) is 4.79 Å². The van der Waals surface area contributed by atoms with E-state index in [4.69, 9.17) is 5.73 Å². The Morgan fingerprint density at radius 1 is 1.22 bits per heavy atom. The van der Waals surface area contributed by atoms with Crippen LogP contribution in [0.3, 0.4) is 0 Å². The zero-order valence-corrected chi connectivity index (χ0v) is 14.4. The first-order valence-corrected chi connectivity index (χ1v) is 8.58. The van der Waals surface area contributed by atoms with Crippen LogP contribution in [-0.2, 0) is 11.2 Å². The largest absolute Gasteiger partial charge is 0.361 e.